The van der Waals surface area contributed by atoms with Crippen molar-refractivity contribution < 1.29 is 9.59 Å². The quantitative estimate of drug-likeness (QED) is 0.822. The van der Waals surface area contributed by atoms with Crippen LogP contribution in [0.2, 0.25) is 0 Å². The maximum atomic E-state index is 12.7. The van der Waals surface area contributed by atoms with Gasteiger partial charge in [0.25, 0.3) is 0 Å². The lowest BCUT2D eigenvalue weighted by atomic mass is 9.83. The summed E-state index contributed by atoms with van der Waals surface area (Å²) >= 11 is 0. The third kappa shape index (κ3) is 3.71. The number of aryl methyl sites for hydroxylation is 2. The average Bonchev–Trinajstić information content (AvgIpc) is 2.92. The smallest absolute Gasteiger partial charge is 0.227 e. The highest BCUT2D eigenvalue weighted by atomic mass is 16.2. The van der Waals surface area contributed by atoms with Crippen molar-refractivity contribution in [3.8, 4) is 0 Å². The highest BCUT2D eigenvalue weighted by Gasteiger charge is 2.40. The number of piperidine rings is 2. The van der Waals surface area contributed by atoms with Crippen LogP contribution in [0.5, 0.6) is 0 Å². The number of aromatic amines is 1. The van der Waals surface area contributed by atoms with Crippen LogP contribution in [0.4, 0.5) is 0 Å². The fraction of sp³-hybridized carbons (Fsp3) is 0.722. The molecule has 0 bridgehead atoms. The normalized spacial score (nSPS) is 23.7. The zero-order chi connectivity index (χ0) is 18.0. The van der Waals surface area contributed by atoms with E-state index in [4.69, 9.17) is 5.73 Å². The highest BCUT2D eigenvalue weighted by molar-refractivity contribution is 5.80. The Morgan fingerprint density at radius 3 is 2.84 bits per heavy atom. The van der Waals surface area contributed by atoms with Gasteiger partial charge in [-0.2, -0.15) is 5.10 Å². The van der Waals surface area contributed by atoms with Crippen LogP contribution in [0.3, 0.4) is 0 Å². The van der Waals surface area contributed by atoms with Gasteiger partial charge in [0.05, 0.1) is 12.1 Å². The van der Waals surface area contributed by atoms with Crippen molar-refractivity contribution in [2.75, 3.05) is 26.2 Å². The molecule has 0 aliphatic carbocycles. The van der Waals surface area contributed by atoms with Gasteiger partial charge in [0.1, 0.15) is 0 Å². The molecule has 0 radical (unpaired) electrons. The lowest BCUT2D eigenvalue weighted by Gasteiger charge is -2.47. The third-order valence-corrected chi connectivity index (χ3v) is 5.71. The van der Waals surface area contributed by atoms with Crippen molar-refractivity contribution >= 4 is 11.8 Å². The summed E-state index contributed by atoms with van der Waals surface area (Å²) in [6.45, 7) is 6.72. The summed E-state index contributed by atoms with van der Waals surface area (Å²) < 4.78 is 0. The van der Waals surface area contributed by atoms with Crippen LogP contribution in [-0.4, -0.2) is 64.0 Å². The summed E-state index contributed by atoms with van der Waals surface area (Å²) in [7, 11) is 0. The number of likely N-dealkylation sites (tertiary alicyclic amines) is 2. The van der Waals surface area contributed by atoms with Gasteiger partial charge in [0, 0.05) is 43.4 Å². The molecule has 7 heteroatoms. The lowest BCUT2D eigenvalue weighted by Crippen LogP contribution is -2.57. The SMILES string of the molecule is Cc1n[nH]c(C)c1CC(=O)N1CC[C@@H]2[C@@H](CCC(=O)N2CCCN)C1. The largest absolute Gasteiger partial charge is 0.342 e. The number of carbonyl (C=O) groups excluding carboxylic acids is 2. The molecule has 0 spiro atoms. The second-order valence-electron chi connectivity index (χ2n) is 7.31. The maximum Gasteiger partial charge on any atom is 0.227 e. The number of rotatable bonds is 5. The van der Waals surface area contributed by atoms with E-state index >= 15 is 0 Å². The number of nitrogens with one attached hydrogen (secondary N) is 1. The number of carbonyl (C=O) groups is 2. The Kier molecular flexibility index (Phi) is 5.42. The van der Waals surface area contributed by atoms with Crippen LogP contribution in [0.1, 0.15) is 42.6 Å². The summed E-state index contributed by atoms with van der Waals surface area (Å²) in [6.07, 6.45) is 3.60. The van der Waals surface area contributed by atoms with Crippen molar-refractivity contribution in [2.24, 2.45) is 11.7 Å². The van der Waals surface area contributed by atoms with Gasteiger partial charge in [0.15, 0.2) is 0 Å². The van der Waals surface area contributed by atoms with Crippen LogP contribution < -0.4 is 5.73 Å². The third-order valence-electron chi connectivity index (χ3n) is 5.71. The molecule has 0 aromatic carbocycles. The minimum absolute atomic E-state index is 0.163. The molecule has 0 unspecified atom stereocenters. The predicted octanol–water partition coefficient (Wildman–Crippen LogP) is 0.757. The molecule has 1 aromatic rings. The molecule has 2 saturated heterocycles. The number of nitrogens with zero attached hydrogens (tertiary/aromatic N) is 3. The molecule has 2 aliphatic rings. The van der Waals surface area contributed by atoms with Gasteiger partial charge in [-0.25, -0.2) is 0 Å². The Morgan fingerprint density at radius 1 is 1.36 bits per heavy atom. The topological polar surface area (TPSA) is 95.3 Å². The molecule has 138 valence electrons. The summed E-state index contributed by atoms with van der Waals surface area (Å²) in [5, 5.41) is 7.12. The minimum Gasteiger partial charge on any atom is -0.342 e. The number of fused-ring (bicyclic) bond motifs is 1. The van der Waals surface area contributed by atoms with Gasteiger partial charge in [-0.05, 0) is 45.6 Å². The number of hydrogen-bond acceptors (Lipinski definition) is 4. The number of amides is 2. The average molecular weight is 347 g/mol. The zero-order valence-electron chi connectivity index (χ0n) is 15.3. The van der Waals surface area contributed by atoms with Crippen molar-refractivity contribution in [3.05, 3.63) is 17.0 Å². The number of hydrogen-bond donors (Lipinski definition) is 2. The Morgan fingerprint density at radius 2 is 2.16 bits per heavy atom. The van der Waals surface area contributed by atoms with E-state index in [2.05, 4.69) is 10.2 Å². The van der Waals surface area contributed by atoms with Crippen LogP contribution in [0.25, 0.3) is 0 Å². The first-order valence-electron chi connectivity index (χ1n) is 9.29. The summed E-state index contributed by atoms with van der Waals surface area (Å²) in [5.74, 6) is 0.801. The second kappa shape index (κ2) is 7.56. The molecular weight excluding hydrogens is 318 g/mol. The first-order valence-corrected chi connectivity index (χ1v) is 9.29. The van der Waals surface area contributed by atoms with E-state index < -0.39 is 0 Å². The second-order valence-corrected chi connectivity index (χ2v) is 7.31. The molecule has 2 atom stereocenters. The van der Waals surface area contributed by atoms with E-state index in [1.807, 2.05) is 23.6 Å². The van der Waals surface area contributed by atoms with E-state index in [1.54, 1.807) is 0 Å². The van der Waals surface area contributed by atoms with Gasteiger partial charge < -0.3 is 15.5 Å². The standard InChI is InChI=1S/C18H29N5O2/c1-12-15(13(2)21-20-12)10-18(25)22-9-6-16-14(11-22)4-5-17(24)23(16)8-3-7-19/h14,16H,3-11,19H2,1-2H3,(H,20,21)/t14-,16+/m0/s1. The van der Waals surface area contributed by atoms with Gasteiger partial charge in [-0.1, -0.05) is 0 Å². The zero-order valence-corrected chi connectivity index (χ0v) is 15.3. The fourth-order valence-electron chi connectivity index (χ4n) is 4.23. The van der Waals surface area contributed by atoms with Crippen LogP contribution in [-0.2, 0) is 16.0 Å². The number of nitrogens with two attached hydrogens (primary N) is 1. The molecule has 7 nitrogen and oxygen atoms in total. The van der Waals surface area contributed by atoms with Gasteiger partial charge in [0.2, 0.25) is 11.8 Å². The molecule has 0 saturated carbocycles. The van der Waals surface area contributed by atoms with Gasteiger partial charge in [-0.15, -0.1) is 0 Å². The Balaban J connectivity index is 1.63. The van der Waals surface area contributed by atoms with Crippen LogP contribution in [0.15, 0.2) is 0 Å². The molecule has 2 amide bonds. The molecule has 3 rings (SSSR count). The van der Waals surface area contributed by atoms with E-state index in [1.165, 1.54) is 0 Å². The van der Waals surface area contributed by atoms with Crippen LogP contribution >= 0.6 is 0 Å². The highest BCUT2D eigenvalue weighted by Crippen LogP contribution is 2.31. The number of aromatic nitrogens is 2. The van der Waals surface area contributed by atoms with Gasteiger partial charge >= 0.3 is 0 Å². The van der Waals surface area contributed by atoms with Crippen molar-refractivity contribution in [1.29, 1.82) is 0 Å². The molecule has 2 fully saturated rings. The van der Waals surface area contributed by atoms with E-state index in [-0.39, 0.29) is 17.9 Å². The fourth-order valence-corrected chi connectivity index (χ4v) is 4.23. The van der Waals surface area contributed by atoms with Crippen molar-refractivity contribution in [2.45, 2.75) is 52.0 Å². The first kappa shape index (κ1) is 17.9. The lowest BCUT2D eigenvalue weighted by molar-refractivity contribution is -0.144. The van der Waals surface area contributed by atoms with E-state index in [0.29, 0.717) is 25.3 Å². The van der Waals surface area contributed by atoms with Crippen molar-refractivity contribution in [1.82, 2.24) is 20.0 Å². The number of H-pyrrole nitrogens is 1. The van der Waals surface area contributed by atoms with Crippen molar-refractivity contribution in [3.63, 3.8) is 0 Å². The molecule has 3 N–H and O–H groups in total. The molecule has 1 aromatic heterocycles. The first-order chi connectivity index (χ1) is 12.0. The predicted molar refractivity (Wildman–Crippen MR) is 94.9 cm³/mol. The van der Waals surface area contributed by atoms with Crippen LogP contribution in [0, 0.1) is 19.8 Å². The molecular formula is C18H29N5O2. The Labute approximate surface area is 148 Å². The Bertz CT molecular complexity index is 622. The summed E-state index contributed by atoms with van der Waals surface area (Å²) in [5.41, 5.74) is 8.49. The summed E-state index contributed by atoms with van der Waals surface area (Å²) in [6, 6.07) is 0.272. The minimum atomic E-state index is 0.163. The summed E-state index contributed by atoms with van der Waals surface area (Å²) in [4.78, 5) is 29.0. The van der Waals surface area contributed by atoms with E-state index in [0.717, 1.165) is 55.8 Å². The molecule has 3 heterocycles. The monoisotopic (exact) mass is 347 g/mol. The van der Waals surface area contributed by atoms with Gasteiger partial charge in [-0.3, -0.25) is 14.7 Å². The Hall–Kier alpha value is -1.89. The van der Waals surface area contributed by atoms with E-state index in [9.17, 15) is 9.59 Å². The molecule has 2 aliphatic heterocycles. The molecule has 25 heavy (non-hydrogen) atoms. The maximum absolute atomic E-state index is 12.7.